The van der Waals surface area contributed by atoms with E-state index in [1.807, 2.05) is 36.6 Å². The summed E-state index contributed by atoms with van der Waals surface area (Å²) in [6.07, 6.45) is 2.02. The fraction of sp³-hybridized carbons (Fsp3) is 0.385. The van der Waals surface area contributed by atoms with E-state index in [1.165, 1.54) is 4.90 Å². The molecular formula is C13H16N2OS. The predicted molar refractivity (Wildman–Crippen MR) is 69.5 cm³/mol. The average molecular weight is 248 g/mol. The molecule has 1 amide bonds. The highest BCUT2D eigenvalue weighted by Gasteiger charge is 2.26. The third-order valence-corrected chi connectivity index (χ3v) is 3.20. The summed E-state index contributed by atoms with van der Waals surface area (Å²) < 4.78 is 0. The molecule has 0 bridgehead atoms. The third kappa shape index (κ3) is 3.79. The fourth-order valence-electron chi connectivity index (χ4n) is 1.20. The van der Waals surface area contributed by atoms with Crippen LogP contribution in [0.3, 0.4) is 0 Å². The second-order valence-corrected chi connectivity index (χ2v) is 5.15. The number of rotatable bonds is 4. The van der Waals surface area contributed by atoms with E-state index in [0.29, 0.717) is 6.54 Å². The zero-order chi connectivity index (χ0) is 12.9. The van der Waals surface area contributed by atoms with Crippen molar-refractivity contribution in [3.8, 4) is 6.07 Å². The zero-order valence-corrected chi connectivity index (χ0v) is 11.1. The second kappa shape index (κ2) is 5.74. The number of benzene rings is 1. The Morgan fingerprint density at radius 3 is 2.47 bits per heavy atom. The minimum Gasteiger partial charge on any atom is -0.351 e. The van der Waals surface area contributed by atoms with Crippen LogP contribution < -0.4 is 5.32 Å². The van der Waals surface area contributed by atoms with Crippen molar-refractivity contribution < 1.29 is 4.79 Å². The molecule has 0 aliphatic heterocycles. The molecule has 1 aromatic rings. The van der Waals surface area contributed by atoms with Crippen LogP contribution in [0.1, 0.15) is 19.4 Å². The molecule has 3 nitrogen and oxygen atoms in total. The summed E-state index contributed by atoms with van der Waals surface area (Å²) in [5.74, 6) is -0.242. The normalized spacial score (nSPS) is 10.7. The first-order chi connectivity index (χ1) is 7.99. The van der Waals surface area contributed by atoms with Gasteiger partial charge >= 0.3 is 0 Å². The van der Waals surface area contributed by atoms with Crippen LogP contribution in [0.5, 0.6) is 0 Å². The van der Waals surface area contributed by atoms with Gasteiger partial charge in [0.05, 0.1) is 6.07 Å². The predicted octanol–water partition coefficient (Wildman–Crippen LogP) is 2.57. The number of hydrogen-bond acceptors (Lipinski definition) is 3. The van der Waals surface area contributed by atoms with Gasteiger partial charge in [-0.1, -0.05) is 12.1 Å². The Morgan fingerprint density at radius 1 is 1.41 bits per heavy atom. The quantitative estimate of drug-likeness (QED) is 0.833. The highest BCUT2D eigenvalue weighted by Crippen LogP contribution is 2.16. The van der Waals surface area contributed by atoms with Gasteiger partial charge in [0.25, 0.3) is 0 Å². The zero-order valence-electron chi connectivity index (χ0n) is 10.3. The van der Waals surface area contributed by atoms with Crippen LogP contribution in [0.15, 0.2) is 29.2 Å². The Labute approximate surface area is 106 Å². The maximum absolute atomic E-state index is 11.7. The number of nitriles is 1. The molecule has 1 rings (SSSR count). The Bertz CT molecular complexity index is 432. The van der Waals surface area contributed by atoms with Gasteiger partial charge in [-0.15, -0.1) is 11.8 Å². The monoisotopic (exact) mass is 248 g/mol. The van der Waals surface area contributed by atoms with Crippen LogP contribution in [0, 0.1) is 16.7 Å². The Hall–Kier alpha value is -1.47. The number of amides is 1. The van der Waals surface area contributed by atoms with Crippen molar-refractivity contribution in [1.82, 2.24) is 5.32 Å². The van der Waals surface area contributed by atoms with E-state index in [0.717, 1.165) is 5.56 Å². The van der Waals surface area contributed by atoms with Crippen molar-refractivity contribution >= 4 is 17.7 Å². The molecule has 0 heterocycles. The van der Waals surface area contributed by atoms with Gasteiger partial charge in [0.2, 0.25) is 5.91 Å². The van der Waals surface area contributed by atoms with Crippen molar-refractivity contribution in [1.29, 1.82) is 5.26 Å². The summed E-state index contributed by atoms with van der Waals surface area (Å²) in [5.41, 5.74) is 0.0593. The summed E-state index contributed by atoms with van der Waals surface area (Å²) in [5, 5.41) is 11.6. The average Bonchev–Trinajstić information content (AvgIpc) is 2.36. The van der Waals surface area contributed by atoms with Crippen LogP contribution in [-0.4, -0.2) is 12.2 Å². The SMILES string of the molecule is CSc1ccc(CNC(=O)C(C)(C)C#N)cc1. The molecule has 0 aliphatic carbocycles. The molecule has 1 N–H and O–H groups in total. The largest absolute Gasteiger partial charge is 0.351 e. The standard InChI is InChI=1S/C13H16N2OS/c1-13(2,9-14)12(16)15-8-10-4-6-11(17-3)7-5-10/h4-7H,8H2,1-3H3,(H,15,16). The lowest BCUT2D eigenvalue weighted by atomic mass is 9.95. The molecular weight excluding hydrogens is 232 g/mol. The minimum absolute atomic E-state index is 0.242. The molecule has 0 saturated carbocycles. The molecule has 0 spiro atoms. The van der Waals surface area contributed by atoms with E-state index in [9.17, 15) is 4.79 Å². The summed E-state index contributed by atoms with van der Waals surface area (Å²) >= 11 is 1.68. The van der Waals surface area contributed by atoms with Crippen LogP contribution in [0.4, 0.5) is 0 Å². The molecule has 1 aromatic carbocycles. The van der Waals surface area contributed by atoms with Crippen LogP contribution in [0.2, 0.25) is 0 Å². The Kier molecular flexibility index (Phi) is 4.59. The minimum atomic E-state index is -0.973. The molecule has 0 aromatic heterocycles. The highest BCUT2D eigenvalue weighted by atomic mass is 32.2. The van der Waals surface area contributed by atoms with Crippen LogP contribution in [-0.2, 0) is 11.3 Å². The number of nitrogens with one attached hydrogen (secondary N) is 1. The van der Waals surface area contributed by atoms with E-state index in [1.54, 1.807) is 25.6 Å². The van der Waals surface area contributed by atoms with Crippen molar-refractivity contribution in [3.63, 3.8) is 0 Å². The van der Waals surface area contributed by atoms with Crippen molar-refractivity contribution in [3.05, 3.63) is 29.8 Å². The lowest BCUT2D eigenvalue weighted by molar-refractivity contribution is -0.126. The van der Waals surface area contributed by atoms with E-state index in [4.69, 9.17) is 5.26 Å². The summed E-state index contributed by atoms with van der Waals surface area (Å²) in [6, 6.07) is 9.97. The first-order valence-electron chi connectivity index (χ1n) is 5.32. The molecule has 0 fully saturated rings. The van der Waals surface area contributed by atoms with E-state index < -0.39 is 5.41 Å². The highest BCUT2D eigenvalue weighted by molar-refractivity contribution is 7.98. The summed E-state index contributed by atoms with van der Waals surface area (Å²) in [7, 11) is 0. The molecule has 0 atom stereocenters. The van der Waals surface area contributed by atoms with Gasteiger partial charge < -0.3 is 5.32 Å². The van der Waals surface area contributed by atoms with Crippen LogP contribution in [0.25, 0.3) is 0 Å². The molecule has 0 aliphatic rings. The molecule has 17 heavy (non-hydrogen) atoms. The third-order valence-electron chi connectivity index (χ3n) is 2.46. The first-order valence-corrected chi connectivity index (χ1v) is 6.54. The molecule has 0 saturated heterocycles. The van der Waals surface area contributed by atoms with Gasteiger partial charge in [-0.05, 0) is 37.8 Å². The molecule has 0 radical (unpaired) electrons. The number of carbonyl (C=O) groups excluding carboxylic acids is 1. The molecule has 90 valence electrons. The Morgan fingerprint density at radius 2 is 2.00 bits per heavy atom. The molecule has 4 heteroatoms. The summed E-state index contributed by atoms with van der Waals surface area (Å²) in [6.45, 7) is 3.68. The lowest BCUT2D eigenvalue weighted by Crippen LogP contribution is -2.35. The van der Waals surface area contributed by atoms with Gasteiger partial charge in [0.15, 0.2) is 0 Å². The van der Waals surface area contributed by atoms with Gasteiger partial charge in [0, 0.05) is 11.4 Å². The Balaban J connectivity index is 2.57. The van der Waals surface area contributed by atoms with Gasteiger partial charge in [0.1, 0.15) is 5.41 Å². The maximum atomic E-state index is 11.7. The van der Waals surface area contributed by atoms with Gasteiger partial charge in [-0.25, -0.2) is 0 Å². The number of thioether (sulfide) groups is 1. The van der Waals surface area contributed by atoms with Crippen LogP contribution >= 0.6 is 11.8 Å². The van der Waals surface area contributed by atoms with Crippen molar-refractivity contribution in [2.45, 2.75) is 25.3 Å². The van der Waals surface area contributed by atoms with Gasteiger partial charge in [-0.3, -0.25) is 4.79 Å². The smallest absolute Gasteiger partial charge is 0.240 e. The number of nitrogens with zero attached hydrogens (tertiary/aromatic N) is 1. The van der Waals surface area contributed by atoms with E-state index in [-0.39, 0.29) is 5.91 Å². The van der Waals surface area contributed by atoms with Crippen molar-refractivity contribution in [2.24, 2.45) is 5.41 Å². The number of hydrogen-bond donors (Lipinski definition) is 1. The maximum Gasteiger partial charge on any atom is 0.240 e. The summed E-state index contributed by atoms with van der Waals surface area (Å²) in [4.78, 5) is 12.8. The van der Waals surface area contributed by atoms with E-state index in [2.05, 4.69) is 5.32 Å². The fourth-order valence-corrected chi connectivity index (χ4v) is 1.61. The molecule has 0 unspecified atom stereocenters. The first kappa shape index (κ1) is 13.6. The van der Waals surface area contributed by atoms with E-state index >= 15 is 0 Å². The second-order valence-electron chi connectivity index (χ2n) is 4.27. The topological polar surface area (TPSA) is 52.9 Å². The lowest BCUT2D eigenvalue weighted by Gasteiger charge is -2.14. The number of carbonyl (C=O) groups is 1. The van der Waals surface area contributed by atoms with Gasteiger partial charge in [-0.2, -0.15) is 5.26 Å². The van der Waals surface area contributed by atoms with Crippen molar-refractivity contribution in [2.75, 3.05) is 6.26 Å².